The van der Waals surface area contributed by atoms with Gasteiger partial charge in [-0.25, -0.2) is 4.79 Å². The van der Waals surface area contributed by atoms with Gasteiger partial charge in [0.2, 0.25) is 0 Å². The number of carbonyl (C=O) groups excluding carboxylic acids is 2. The summed E-state index contributed by atoms with van der Waals surface area (Å²) >= 11 is 0. The van der Waals surface area contributed by atoms with Crippen LogP contribution in [0.4, 0.5) is 0 Å². The Labute approximate surface area is 152 Å². The van der Waals surface area contributed by atoms with Crippen molar-refractivity contribution in [3.05, 3.63) is 12.7 Å². The molecule has 2 aliphatic rings. The molecule has 5 heteroatoms. The fourth-order valence-corrected chi connectivity index (χ4v) is 3.93. The summed E-state index contributed by atoms with van der Waals surface area (Å²) in [5, 5.41) is 0. The van der Waals surface area contributed by atoms with Gasteiger partial charge < -0.3 is 14.2 Å². The fraction of sp³-hybridized carbons (Fsp3) is 0.800. The molecule has 0 spiro atoms. The summed E-state index contributed by atoms with van der Waals surface area (Å²) in [4.78, 5) is 22.2. The number of rotatable bonds is 8. The van der Waals surface area contributed by atoms with Crippen LogP contribution in [0.15, 0.2) is 12.7 Å². The van der Waals surface area contributed by atoms with Gasteiger partial charge in [-0.05, 0) is 44.4 Å². The number of hydrogen-bond acceptors (Lipinski definition) is 5. The Morgan fingerprint density at radius 3 is 1.92 bits per heavy atom. The van der Waals surface area contributed by atoms with E-state index in [1.165, 1.54) is 58.5 Å². The Morgan fingerprint density at radius 2 is 1.56 bits per heavy atom. The second-order valence-corrected chi connectivity index (χ2v) is 6.71. The molecular weight excluding hydrogens is 320 g/mol. The molecule has 0 unspecified atom stereocenters. The minimum Gasteiger partial charge on any atom is -0.466 e. The van der Waals surface area contributed by atoms with Crippen LogP contribution >= 0.6 is 0 Å². The Balaban J connectivity index is 0.000000450. The lowest BCUT2D eigenvalue weighted by Gasteiger charge is -2.27. The predicted molar refractivity (Wildman–Crippen MR) is 97.1 cm³/mol. The topological polar surface area (TPSA) is 61.8 Å². The highest BCUT2D eigenvalue weighted by Gasteiger charge is 2.38. The fourth-order valence-electron chi connectivity index (χ4n) is 3.93. The van der Waals surface area contributed by atoms with Crippen LogP contribution in [0.5, 0.6) is 0 Å². The van der Waals surface area contributed by atoms with Crippen molar-refractivity contribution in [3.63, 3.8) is 0 Å². The van der Waals surface area contributed by atoms with Gasteiger partial charge in [0.05, 0.1) is 19.6 Å². The van der Waals surface area contributed by atoms with Gasteiger partial charge in [-0.15, -0.1) is 0 Å². The minimum absolute atomic E-state index is 0.0542. The third-order valence-corrected chi connectivity index (χ3v) is 5.13. The largest absolute Gasteiger partial charge is 0.466 e. The first-order valence-electron chi connectivity index (χ1n) is 9.58. The second kappa shape index (κ2) is 12.9. The lowest BCUT2D eigenvalue weighted by atomic mass is 9.79. The van der Waals surface area contributed by atoms with Crippen molar-refractivity contribution in [3.8, 4) is 0 Å². The van der Waals surface area contributed by atoms with Crippen LogP contribution in [-0.2, 0) is 23.8 Å². The van der Waals surface area contributed by atoms with Gasteiger partial charge in [0, 0.05) is 12.7 Å². The lowest BCUT2D eigenvalue weighted by molar-refractivity contribution is -0.154. The maximum absolute atomic E-state index is 12.4. The molecule has 0 N–H and O–H groups in total. The smallest absolute Gasteiger partial charge is 0.329 e. The van der Waals surface area contributed by atoms with Crippen LogP contribution in [0.3, 0.4) is 0 Å². The average Bonchev–Trinajstić information content (AvgIpc) is 3.33. The number of carbonyl (C=O) groups is 2. The summed E-state index contributed by atoms with van der Waals surface area (Å²) in [7, 11) is 1.31. The molecule has 5 nitrogen and oxygen atoms in total. The van der Waals surface area contributed by atoms with E-state index in [1.807, 2.05) is 6.92 Å². The maximum atomic E-state index is 12.4. The van der Waals surface area contributed by atoms with Crippen molar-refractivity contribution < 1.29 is 23.8 Å². The summed E-state index contributed by atoms with van der Waals surface area (Å²) in [6.07, 6.45) is 11.2. The van der Waals surface area contributed by atoms with E-state index in [2.05, 4.69) is 11.3 Å². The van der Waals surface area contributed by atoms with Crippen LogP contribution in [0.25, 0.3) is 0 Å². The summed E-state index contributed by atoms with van der Waals surface area (Å²) < 4.78 is 14.8. The molecule has 0 atom stereocenters. The number of ether oxygens (including phenoxy) is 3. The van der Waals surface area contributed by atoms with Crippen LogP contribution < -0.4 is 0 Å². The molecule has 2 fully saturated rings. The number of hydrogen-bond donors (Lipinski definition) is 0. The highest BCUT2D eigenvalue weighted by molar-refractivity contribution is 5.80. The first-order valence-corrected chi connectivity index (χ1v) is 9.58. The highest BCUT2D eigenvalue weighted by Crippen LogP contribution is 2.42. The lowest BCUT2D eigenvalue weighted by Crippen LogP contribution is -2.31. The Hall–Kier alpha value is -1.36. The molecule has 2 rings (SSSR count). The second-order valence-electron chi connectivity index (χ2n) is 6.71. The normalized spacial score (nSPS) is 17.9. The molecule has 0 bridgehead atoms. The molecule has 2 aliphatic carbocycles. The zero-order chi connectivity index (χ0) is 18.5. The molecule has 0 amide bonds. The van der Waals surface area contributed by atoms with Crippen molar-refractivity contribution in [2.75, 3.05) is 26.9 Å². The number of methoxy groups -OCH3 is 1. The van der Waals surface area contributed by atoms with Gasteiger partial charge in [-0.2, -0.15) is 0 Å². The molecule has 144 valence electrons. The van der Waals surface area contributed by atoms with Crippen molar-refractivity contribution in [1.29, 1.82) is 0 Å². The third kappa shape index (κ3) is 8.04. The van der Waals surface area contributed by atoms with E-state index >= 15 is 0 Å². The summed E-state index contributed by atoms with van der Waals surface area (Å²) in [6, 6.07) is 0. The van der Waals surface area contributed by atoms with Gasteiger partial charge in [0.15, 0.2) is 0 Å². The molecule has 0 radical (unpaired) electrons. The SMILES string of the molecule is C=CC(=O)OC.CCOCCOC(=O)C(C1CCCC1)C1CCCC1. The van der Waals surface area contributed by atoms with Crippen molar-refractivity contribution in [2.24, 2.45) is 17.8 Å². The molecule has 0 aromatic rings. The third-order valence-electron chi connectivity index (χ3n) is 5.13. The zero-order valence-corrected chi connectivity index (χ0v) is 15.8. The Bertz CT molecular complexity index is 379. The molecule has 2 saturated carbocycles. The molecule has 0 aromatic carbocycles. The Morgan fingerprint density at radius 1 is 1.04 bits per heavy atom. The van der Waals surface area contributed by atoms with Gasteiger partial charge in [0.25, 0.3) is 0 Å². The van der Waals surface area contributed by atoms with Crippen molar-refractivity contribution in [2.45, 2.75) is 58.3 Å². The first kappa shape index (κ1) is 21.7. The predicted octanol–water partition coefficient (Wildman–Crippen LogP) is 3.91. The number of esters is 2. The molecule has 0 aromatic heterocycles. The van der Waals surface area contributed by atoms with E-state index in [0.29, 0.717) is 31.7 Å². The first-order chi connectivity index (χ1) is 12.1. The van der Waals surface area contributed by atoms with Gasteiger partial charge in [-0.3, -0.25) is 4.79 Å². The maximum Gasteiger partial charge on any atom is 0.329 e. The van der Waals surface area contributed by atoms with Crippen LogP contribution in [0, 0.1) is 17.8 Å². The van der Waals surface area contributed by atoms with E-state index < -0.39 is 5.97 Å². The van der Waals surface area contributed by atoms with Gasteiger partial charge in [-0.1, -0.05) is 32.3 Å². The van der Waals surface area contributed by atoms with Crippen LogP contribution in [-0.4, -0.2) is 38.9 Å². The van der Waals surface area contributed by atoms with Gasteiger partial charge >= 0.3 is 11.9 Å². The highest BCUT2D eigenvalue weighted by atomic mass is 16.6. The molecule has 0 saturated heterocycles. The molecule has 25 heavy (non-hydrogen) atoms. The summed E-state index contributed by atoms with van der Waals surface area (Å²) in [6.45, 7) is 6.75. The van der Waals surface area contributed by atoms with Crippen LogP contribution in [0.1, 0.15) is 58.3 Å². The molecular formula is C20H34O5. The summed E-state index contributed by atoms with van der Waals surface area (Å²) in [5.41, 5.74) is 0. The zero-order valence-electron chi connectivity index (χ0n) is 15.8. The van der Waals surface area contributed by atoms with E-state index in [1.54, 1.807) is 0 Å². The molecule has 0 aliphatic heterocycles. The quantitative estimate of drug-likeness (QED) is 0.376. The van der Waals surface area contributed by atoms with Gasteiger partial charge in [0.1, 0.15) is 6.61 Å². The van der Waals surface area contributed by atoms with E-state index in [0.717, 1.165) is 6.08 Å². The standard InChI is InChI=1S/C16H28O3.C4H6O2/c1-2-18-11-12-19-16(17)15(13-7-3-4-8-13)14-9-5-6-10-14;1-3-4(5)6-2/h13-15H,2-12H2,1H3;3H,1H2,2H3. The monoisotopic (exact) mass is 354 g/mol. The van der Waals surface area contributed by atoms with Crippen molar-refractivity contribution >= 4 is 11.9 Å². The summed E-state index contributed by atoms with van der Waals surface area (Å²) in [5.74, 6) is 1.01. The van der Waals surface area contributed by atoms with Crippen molar-refractivity contribution in [1.82, 2.24) is 0 Å². The van der Waals surface area contributed by atoms with E-state index in [-0.39, 0.29) is 11.9 Å². The molecule has 0 heterocycles. The van der Waals surface area contributed by atoms with E-state index in [4.69, 9.17) is 9.47 Å². The average molecular weight is 354 g/mol. The van der Waals surface area contributed by atoms with Crippen LogP contribution in [0.2, 0.25) is 0 Å². The minimum atomic E-state index is -0.394. The van der Waals surface area contributed by atoms with E-state index in [9.17, 15) is 9.59 Å². The Kier molecular flexibility index (Phi) is 11.2.